The summed E-state index contributed by atoms with van der Waals surface area (Å²) in [5.41, 5.74) is 1.39. The van der Waals surface area contributed by atoms with Crippen LogP contribution in [0.3, 0.4) is 0 Å². The van der Waals surface area contributed by atoms with Crippen LogP contribution in [-0.4, -0.2) is 36.6 Å². The topological polar surface area (TPSA) is 119 Å². The Labute approximate surface area is 169 Å². The van der Waals surface area contributed by atoms with Gasteiger partial charge >= 0.3 is 11.7 Å². The number of aromatic amines is 1. The van der Waals surface area contributed by atoms with Crippen LogP contribution in [0.15, 0.2) is 75.0 Å². The number of anilines is 1. The molecular formula is C19H16N6O3S. The van der Waals surface area contributed by atoms with Gasteiger partial charge in [-0.25, -0.2) is 9.89 Å². The molecule has 4 aromatic rings. The highest BCUT2D eigenvalue weighted by Gasteiger charge is 2.14. The fraction of sp³-hybridized carbons (Fsp3) is 0.105. The summed E-state index contributed by atoms with van der Waals surface area (Å²) >= 11 is 1.14. The van der Waals surface area contributed by atoms with Crippen molar-refractivity contribution in [1.29, 1.82) is 0 Å². The van der Waals surface area contributed by atoms with Gasteiger partial charge in [0.15, 0.2) is 5.16 Å². The van der Waals surface area contributed by atoms with Crippen LogP contribution >= 0.6 is 11.8 Å². The number of benzene rings is 2. The number of hydrogen-bond acceptors (Lipinski definition) is 7. The van der Waals surface area contributed by atoms with Gasteiger partial charge in [-0.1, -0.05) is 65.4 Å². The third-order valence-electron chi connectivity index (χ3n) is 3.93. The fourth-order valence-electron chi connectivity index (χ4n) is 2.58. The first-order valence-corrected chi connectivity index (χ1v) is 9.68. The summed E-state index contributed by atoms with van der Waals surface area (Å²) in [5, 5.41) is 17.1. The van der Waals surface area contributed by atoms with Crippen molar-refractivity contribution in [3.63, 3.8) is 0 Å². The van der Waals surface area contributed by atoms with E-state index in [2.05, 4.69) is 25.7 Å². The monoisotopic (exact) mass is 408 g/mol. The summed E-state index contributed by atoms with van der Waals surface area (Å²) in [5.74, 6) is -0.000175. The van der Waals surface area contributed by atoms with E-state index in [-0.39, 0.29) is 23.4 Å². The van der Waals surface area contributed by atoms with Crippen molar-refractivity contribution < 1.29 is 9.21 Å². The van der Waals surface area contributed by atoms with Crippen molar-refractivity contribution in [3.8, 4) is 11.5 Å². The van der Waals surface area contributed by atoms with Crippen LogP contribution in [0.5, 0.6) is 0 Å². The van der Waals surface area contributed by atoms with E-state index in [1.807, 2.05) is 60.7 Å². The van der Waals surface area contributed by atoms with Crippen LogP contribution in [0, 0.1) is 0 Å². The van der Waals surface area contributed by atoms with Gasteiger partial charge in [0.1, 0.15) is 0 Å². The fourth-order valence-corrected chi connectivity index (χ4v) is 3.32. The number of H-pyrrole nitrogens is 1. The second kappa shape index (κ2) is 8.57. The molecule has 0 unspecified atom stereocenters. The van der Waals surface area contributed by atoms with Crippen LogP contribution in [0.2, 0.25) is 0 Å². The van der Waals surface area contributed by atoms with Gasteiger partial charge in [0.2, 0.25) is 11.8 Å². The lowest BCUT2D eigenvalue weighted by molar-refractivity contribution is -0.113. The van der Waals surface area contributed by atoms with E-state index in [4.69, 9.17) is 4.42 Å². The molecule has 0 radical (unpaired) electrons. The number of nitrogens with one attached hydrogen (secondary N) is 2. The van der Waals surface area contributed by atoms with Gasteiger partial charge in [0.05, 0.1) is 12.3 Å². The molecule has 0 saturated heterocycles. The highest BCUT2D eigenvalue weighted by molar-refractivity contribution is 7.99. The second-order valence-corrected chi connectivity index (χ2v) is 6.94. The van der Waals surface area contributed by atoms with Crippen molar-refractivity contribution in [3.05, 3.63) is 76.7 Å². The second-order valence-electron chi connectivity index (χ2n) is 6.00. The zero-order valence-corrected chi connectivity index (χ0v) is 15.9. The Kier molecular flexibility index (Phi) is 5.52. The Morgan fingerprint density at radius 3 is 2.55 bits per heavy atom. The summed E-state index contributed by atoms with van der Waals surface area (Å²) in [4.78, 5) is 24.2. The number of aromatic nitrogens is 5. The van der Waals surface area contributed by atoms with Gasteiger partial charge in [-0.2, -0.15) is 0 Å². The standard InChI is InChI=1S/C19H16N6O3S/c26-15(20-17-22-21-16(28-17)14-9-5-2-6-10-14)12-29-19-24-23-18(27)25(19)11-13-7-3-1-4-8-13/h1-10H,11-12H2,(H,23,27)(H,20,22,26). The largest absolute Gasteiger partial charge is 0.403 e. The molecule has 0 bridgehead atoms. The maximum absolute atomic E-state index is 12.2. The lowest BCUT2D eigenvalue weighted by atomic mass is 10.2. The lowest BCUT2D eigenvalue weighted by Gasteiger charge is -2.05. The molecule has 10 heteroatoms. The number of carbonyl (C=O) groups is 1. The Hall–Kier alpha value is -3.66. The molecule has 0 fully saturated rings. The quantitative estimate of drug-likeness (QED) is 0.451. The zero-order chi connectivity index (χ0) is 20.1. The van der Waals surface area contributed by atoms with Crippen molar-refractivity contribution in [2.24, 2.45) is 0 Å². The maximum atomic E-state index is 12.2. The molecule has 2 N–H and O–H groups in total. The first kappa shape index (κ1) is 18.7. The van der Waals surface area contributed by atoms with Gasteiger partial charge in [-0.3, -0.25) is 14.7 Å². The summed E-state index contributed by atoms with van der Waals surface area (Å²) in [7, 11) is 0. The van der Waals surface area contributed by atoms with Crippen LogP contribution < -0.4 is 11.0 Å². The van der Waals surface area contributed by atoms with Gasteiger partial charge in [0, 0.05) is 5.56 Å². The molecule has 1 amide bonds. The molecule has 0 saturated carbocycles. The van der Waals surface area contributed by atoms with E-state index >= 15 is 0 Å². The number of thioether (sulfide) groups is 1. The van der Waals surface area contributed by atoms with E-state index in [9.17, 15) is 9.59 Å². The maximum Gasteiger partial charge on any atom is 0.344 e. The van der Waals surface area contributed by atoms with Gasteiger partial charge in [-0.05, 0) is 17.7 Å². The zero-order valence-electron chi connectivity index (χ0n) is 15.1. The van der Waals surface area contributed by atoms with Crippen LogP contribution in [0.1, 0.15) is 5.56 Å². The summed E-state index contributed by atoms with van der Waals surface area (Å²) in [6.45, 7) is 0.365. The molecule has 29 heavy (non-hydrogen) atoms. The summed E-state index contributed by atoms with van der Waals surface area (Å²) < 4.78 is 6.94. The Morgan fingerprint density at radius 1 is 1.07 bits per heavy atom. The normalized spacial score (nSPS) is 10.8. The molecule has 0 spiro atoms. The van der Waals surface area contributed by atoms with Crippen molar-refractivity contribution >= 4 is 23.7 Å². The van der Waals surface area contributed by atoms with Gasteiger partial charge < -0.3 is 4.42 Å². The summed E-state index contributed by atoms with van der Waals surface area (Å²) in [6.07, 6.45) is 0. The smallest absolute Gasteiger partial charge is 0.344 e. The van der Waals surface area contributed by atoms with E-state index in [0.717, 1.165) is 22.9 Å². The SMILES string of the molecule is O=C(CSc1n[nH]c(=O)n1Cc1ccccc1)Nc1nnc(-c2ccccc2)o1. The first-order chi connectivity index (χ1) is 14.2. The molecule has 2 aromatic carbocycles. The number of hydrogen-bond donors (Lipinski definition) is 2. The summed E-state index contributed by atoms with van der Waals surface area (Å²) in [6, 6.07) is 18.8. The van der Waals surface area contributed by atoms with Crippen LogP contribution in [0.4, 0.5) is 6.01 Å². The molecule has 4 rings (SSSR count). The Morgan fingerprint density at radius 2 is 1.79 bits per heavy atom. The molecule has 0 aliphatic rings. The van der Waals surface area contributed by atoms with Crippen molar-refractivity contribution in [2.75, 3.05) is 11.1 Å². The minimum atomic E-state index is -0.347. The first-order valence-electron chi connectivity index (χ1n) is 8.70. The van der Waals surface area contributed by atoms with Crippen molar-refractivity contribution in [1.82, 2.24) is 25.0 Å². The van der Waals surface area contributed by atoms with E-state index in [0.29, 0.717) is 17.6 Å². The average molecular weight is 408 g/mol. The molecule has 9 nitrogen and oxygen atoms in total. The average Bonchev–Trinajstić information content (AvgIpc) is 3.35. The molecule has 0 atom stereocenters. The third-order valence-corrected chi connectivity index (χ3v) is 4.91. The van der Waals surface area contributed by atoms with E-state index in [1.165, 1.54) is 4.57 Å². The Balaban J connectivity index is 1.37. The molecule has 146 valence electrons. The minimum absolute atomic E-state index is 0.0122. The highest BCUT2D eigenvalue weighted by Crippen LogP contribution is 2.20. The van der Waals surface area contributed by atoms with E-state index in [1.54, 1.807) is 0 Å². The highest BCUT2D eigenvalue weighted by atomic mass is 32.2. The van der Waals surface area contributed by atoms with Crippen LogP contribution in [0.25, 0.3) is 11.5 Å². The van der Waals surface area contributed by atoms with E-state index < -0.39 is 0 Å². The predicted octanol–water partition coefficient (Wildman–Crippen LogP) is 2.40. The van der Waals surface area contributed by atoms with Crippen LogP contribution in [-0.2, 0) is 11.3 Å². The number of carbonyl (C=O) groups excluding carboxylic acids is 1. The Bertz CT molecular complexity index is 1150. The molecule has 2 aromatic heterocycles. The van der Waals surface area contributed by atoms with Crippen molar-refractivity contribution in [2.45, 2.75) is 11.7 Å². The van der Waals surface area contributed by atoms with Gasteiger partial charge in [-0.15, -0.1) is 10.2 Å². The molecule has 0 aliphatic heterocycles. The predicted molar refractivity (Wildman–Crippen MR) is 107 cm³/mol. The number of amides is 1. The number of nitrogens with zero attached hydrogens (tertiary/aromatic N) is 4. The lowest BCUT2D eigenvalue weighted by Crippen LogP contribution is -2.19. The minimum Gasteiger partial charge on any atom is -0.403 e. The number of rotatable bonds is 7. The molecule has 0 aliphatic carbocycles. The third kappa shape index (κ3) is 4.61. The van der Waals surface area contributed by atoms with Gasteiger partial charge in [0.25, 0.3) is 0 Å². The molecule has 2 heterocycles. The molecular weight excluding hydrogens is 392 g/mol.